The number of carbonyl (C=O) groups is 1. The number of allylic oxidation sites excluding steroid dienone is 2. The summed E-state index contributed by atoms with van der Waals surface area (Å²) >= 11 is 0. The number of rotatable bonds is 7. The molecule has 0 atom stereocenters. The van der Waals surface area contributed by atoms with Gasteiger partial charge in [0.15, 0.2) is 29.3 Å². The number of carbonyl (C=O) groups excluding carboxylic acids is 1. The zero-order chi connectivity index (χ0) is 30.0. The molecule has 2 heterocycles. The first kappa shape index (κ1) is 31.6. The van der Waals surface area contributed by atoms with Gasteiger partial charge < -0.3 is 39.8 Å². The second-order valence-electron chi connectivity index (χ2n) is 8.68. The first-order valence-electron chi connectivity index (χ1n) is 12.5. The summed E-state index contributed by atoms with van der Waals surface area (Å²) in [7, 11) is 4.52. The molecule has 0 amide bonds. The molecule has 0 unspecified atom stereocenters. The monoisotopic (exact) mass is 550 g/mol. The van der Waals surface area contributed by atoms with E-state index in [4.69, 9.17) is 20.3 Å². The van der Waals surface area contributed by atoms with E-state index >= 15 is 0 Å². The number of hydrogen-bond donors (Lipinski definition) is 4. The highest BCUT2D eigenvalue weighted by Crippen LogP contribution is 2.46. The highest BCUT2D eigenvalue weighted by molar-refractivity contribution is 5.94. The predicted octanol–water partition coefficient (Wildman–Crippen LogP) is 5.67. The minimum atomic E-state index is 0.0552. The van der Waals surface area contributed by atoms with E-state index in [1.807, 2.05) is 23.6 Å². The molecule has 0 bridgehead atoms. The topological polar surface area (TPSA) is 136 Å². The van der Waals surface area contributed by atoms with Crippen molar-refractivity contribution < 1.29 is 34.3 Å². The Morgan fingerprint density at radius 1 is 1.07 bits per heavy atom. The van der Waals surface area contributed by atoms with E-state index in [2.05, 4.69) is 17.9 Å². The van der Waals surface area contributed by atoms with Crippen LogP contribution in [0.2, 0.25) is 0 Å². The molecule has 2 aromatic carbocycles. The van der Waals surface area contributed by atoms with Crippen molar-refractivity contribution in [3.05, 3.63) is 83.9 Å². The Labute approximate surface area is 235 Å². The summed E-state index contributed by atoms with van der Waals surface area (Å²) in [6, 6.07) is 8.69. The SMILES string of the molecule is C/C=C(N)\C=C(\O)COC.C=C.COc1cc(-c2c(C)c(C=O)n3c2-c2cc(OC)c(O)cc2CC3)ccc1O. The van der Waals surface area contributed by atoms with Crippen LogP contribution in [0.25, 0.3) is 22.4 Å². The number of nitrogens with two attached hydrogens (primary N) is 1. The zero-order valence-corrected chi connectivity index (χ0v) is 23.7. The Hall–Kier alpha value is -4.63. The van der Waals surface area contributed by atoms with Gasteiger partial charge in [-0.25, -0.2) is 0 Å². The molecular formula is C31H38N2O7. The van der Waals surface area contributed by atoms with Gasteiger partial charge in [0.1, 0.15) is 12.4 Å². The number of aromatic hydroxyl groups is 2. The molecule has 9 heteroatoms. The van der Waals surface area contributed by atoms with Crippen LogP contribution in [0.4, 0.5) is 0 Å². The molecule has 5 N–H and O–H groups in total. The summed E-state index contributed by atoms with van der Waals surface area (Å²) in [6.45, 7) is 10.6. The molecule has 0 spiro atoms. The third kappa shape index (κ3) is 6.68. The van der Waals surface area contributed by atoms with Crippen LogP contribution in [0.5, 0.6) is 23.0 Å². The van der Waals surface area contributed by atoms with Crippen LogP contribution in [-0.4, -0.2) is 54.1 Å². The number of aldehydes is 1. The van der Waals surface area contributed by atoms with Gasteiger partial charge in [0.25, 0.3) is 0 Å². The van der Waals surface area contributed by atoms with Gasteiger partial charge in [-0.2, -0.15) is 0 Å². The molecule has 3 aromatic rings. The lowest BCUT2D eigenvalue weighted by atomic mass is 9.92. The largest absolute Gasteiger partial charge is 0.510 e. The van der Waals surface area contributed by atoms with Crippen LogP contribution in [0.15, 0.2) is 67.1 Å². The van der Waals surface area contributed by atoms with E-state index < -0.39 is 0 Å². The fraction of sp³-hybridized carbons (Fsp3) is 0.258. The van der Waals surface area contributed by atoms with Gasteiger partial charge >= 0.3 is 0 Å². The molecule has 1 aliphatic rings. The number of aromatic nitrogens is 1. The second kappa shape index (κ2) is 14.5. The van der Waals surface area contributed by atoms with Gasteiger partial charge in [-0.1, -0.05) is 12.1 Å². The fourth-order valence-corrected chi connectivity index (χ4v) is 4.51. The number of nitrogens with zero attached hydrogens (tertiary/aromatic N) is 1. The lowest BCUT2D eigenvalue weighted by molar-refractivity contribution is 0.111. The number of methoxy groups -OCH3 is 3. The smallest absolute Gasteiger partial charge is 0.166 e. The standard InChI is InChI=1S/C22H21NO5.C7H13NO2.C2H4/c1-12-16(11-24)23-7-6-13-8-18(26)20(28-3)10-15(13)22(23)21(12)14-4-5-17(25)19(9-14)27-2;1-3-6(8)4-7(9)5-10-2;1-2/h4-5,8-11,25-26H,6-7H2,1-3H3;3-4,9H,5,8H2,1-2H3;1-2H2/b;6-3+,7-4+;. The van der Waals surface area contributed by atoms with Crippen LogP contribution < -0.4 is 15.2 Å². The molecule has 0 saturated carbocycles. The van der Waals surface area contributed by atoms with Crippen molar-refractivity contribution >= 4 is 6.29 Å². The number of benzene rings is 2. The lowest BCUT2D eigenvalue weighted by Gasteiger charge is -2.23. The quantitative estimate of drug-likeness (QED) is 0.128. The number of aliphatic hydroxyl groups is 1. The molecule has 0 radical (unpaired) electrons. The van der Waals surface area contributed by atoms with Crippen LogP contribution in [0, 0.1) is 6.92 Å². The van der Waals surface area contributed by atoms with E-state index in [9.17, 15) is 15.0 Å². The first-order chi connectivity index (χ1) is 19.2. The summed E-state index contributed by atoms with van der Waals surface area (Å²) in [5, 5.41) is 29.1. The summed E-state index contributed by atoms with van der Waals surface area (Å²) in [6.07, 6.45) is 4.74. The molecule has 214 valence electrons. The molecule has 4 rings (SSSR count). The lowest BCUT2D eigenvalue weighted by Crippen LogP contribution is -2.13. The van der Waals surface area contributed by atoms with E-state index in [0.29, 0.717) is 35.9 Å². The van der Waals surface area contributed by atoms with E-state index in [0.717, 1.165) is 39.8 Å². The van der Waals surface area contributed by atoms with Gasteiger partial charge in [-0.15, -0.1) is 13.2 Å². The summed E-state index contributed by atoms with van der Waals surface area (Å²) in [5.74, 6) is 1.04. The molecule has 1 aliphatic heterocycles. The Morgan fingerprint density at radius 3 is 2.30 bits per heavy atom. The summed E-state index contributed by atoms with van der Waals surface area (Å²) in [5.41, 5.74) is 11.9. The minimum Gasteiger partial charge on any atom is -0.510 e. The Bertz CT molecular complexity index is 1400. The second-order valence-corrected chi connectivity index (χ2v) is 8.68. The van der Waals surface area contributed by atoms with E-state index in [1.54, 1.807) is 31.2 Å². The van der Waals surface area contributed by atoms with Gasteiger partial charge in [0, 0.05) is 36.6 Å². The average molecular weight is 551 g/mol. The predicted molar refractivity (Wildman–Crippen MR) is 157 cm³/mol. The molecule has 0 fully saturated rings. The zero-order valence-electron chi connectivity index (χ0n) is 23.7. The maximum atomic E-state index is 11.9. The fourth-order valence-electron chi connectivity index (χ4n) is 4.51. The Kier molecular flexibility index (Phi) is 11.5. The highest BCUT2D eigenvalue weighted by atomic mass is 16.5. The number of ether oxygens (including phenoxy) is 3. The van der Waals surface area contributed by atoms with Crippen molar-refractivity contribution in [2.24, 2.45) is 5.73 Å². The maximum Gasteiger partial charge on any atom is 0.166 e. The van der Waals surface area contributed by atoms with Gasteiger partial charge in [-0.3, -0.25) is 4.79 Å². The Morgan fingerprint density at radius 2 is 1.73 bits per heavy atom. The molecule has 40 heavy (non-hydrogen) atoms. The Balaban J connectivity index is 0.000000398. The van der Waals surface area contributed by atoms with Crippen molar-refractivity contribution in [2.45, 2.75) is 26.8 Å². The average Bonchev–Trinajstić information content (AvgIpc) is 3.25. The number of hydrogen-bond acceptors (Lipinski definition) is 8. The van der Waals surface area contributed by atoms with Crippen molar-refractivity contribution in [3.8, 4) is 45.4 Å². The van der Waals surface area contributed by atoms with Crippen LogP contribution in [0.3, 0.4) is 0 Å². The number of aryl methyl sites for hydroxylation is 1. The number of phenolic OH excluding ortho intramolecular Hbond substituents is 2. The van der Waals surface area contributed by atoms with Crippen molar-refractivity contribution in [1.29, 1.82) is 0 Å². The summed E-state index contributed by atoms with van der Waals surface area (Å²) < 4.78 is 17.2. The normalized spacial score (nSPS) is 12.1. The highest BCUT2D eigenvalue weighted by Gasteiger charge is 2.28. The van der Waals surface area contributed by atoms with Crippen LogP contribution >= 0.6 is 0 Å². The first-order valence-corrected chi connectivity index (χ1v) is 12.5. The number of phenols is 2. The molecule has 1 aromatic heterocycles. The maximum absolute atomic E-state index is 11.9. The molecule has 0 aliphatic carbocycles. The minimum absolute atomic E-state index is 0.0552. The molecule has 0 saturated heterocycles. The van der Waals surface area contributed by atoms with Crippen LogP contribution in [-0.2, 0) is 17.7 Å². The van der Waals surface area contributed by atoms with Gasteiger partial charge in [0.2, 0.25) is 0 Å². The van der Waals surface area contributed by atoms with Gasteiger partial charge in [0.05, 0.1) is 25.6 Å². The number of fused-ring (bicyclic) bond motifs is 3. The number of aliphatic hydroxyl groups excluding tert-OH is 1. The summed E-state index contributed by atoms with van der Waals surface area (Å²) in [4.78, 5) is 11.9. The third-order valence-electron chi connectivity index (χ3n) is 6.36. The van der Waals surface area contributed by atoms with Crippen molar-refractivity contribution in [1.82, 2.24) is 4.57 Å². The molecular weight excluding hydrogens is 512 g/mol. The molecule has 9 nitrogen and oxygen atoms in total. The van der Waals surface area contributed by atoms with Crippen LogP contribution in [0.1, 0.15) is 28.5 Å². The van der Waals surface area contributed by atoms with E-state index in [1.165, 1.54) is 27.4 Å². The van der Waals surface area contributed by atoms with Gasteiger partial charge in [-0.05, 0) is 61.2 Å². The van der Waals surface area contributed by atoms with Crippen molar-refractivity contribution in [3.63, 3.8) is 0 Å². The van der Waals surface area contributed by atoms with Crippen molar-refractivity contribution in [2.75, 3.05) is 27.9 Å². The van der Waals surface area contributed by atoms with E-state index in [-0.39, 0.29) is 23.9 Å². The third-order valence-corrected chi connectivity index (χ3v) is 6.36.